The van der Waals surface area contributed by atoms with Gasteiger partial charge in [-0.3, -0.25) is 9.67 Å². The topological polar surface area (TPSA) is 69.0 Å². The fourth-order valence-corrected chi connectivity index (χ4v) is 2.07. The molecule has 2 heterocycles. The lowest BCUT2D eigenvalue weighted by atomic mass is 10.1. The molecule has 6 nitrogen and oxygen atoms in total. The predicted octanol–water partition coefficient (Wildman–Crippen LogP) is 1.59. The minimum atomic E-state index is -0.331. The van der Waals surface area contributed by atoms with Gasteiger partial charge in [-0.25, -0.2) is 4.79 Å². The largest absolute Gasteiger partial charge is 0.462 e. The van der Waals surface area contributed by atoms with E-state index in [-0.39, 0.29) is 5.97 Å². The number of nitrogens with one attached hydrogen (secondary N) is 1. The summed E-state index contributed by atoms with van der Waals surface area (Å²) in [7, 11) is 1.82. The lowest BCUT2D eigenvalue weighted by molar-refractivity contribution is 0.0524. The van der Waals surface area contributed by atoms with Crippen LogP contribution in [0.25, 0.3) is 0 Å². The molecular weight excluding hydrogens is 268 g/mol. The van der Waals surface area contributed by atoms with Gasteiger partial charge in [-0.15, -0.1) is 0 Å². The van der Waals surface area contributed by atoms with Crippen LogP contribution < -0.4 is 5.32 Å². The van der Waals surface area contributed by atoms with Crippen LogP contribution in [0.3, 0.4) is 0 Å². The summed E-state index contributed by atoms with van der Waals surface area (Å²) in [6, 6.07) is 1.98. The highest BCUT2D eigenvalue weighted by Gasteiger charge is 2.16. The van der Waals surface area contributed by atoms with Crippen molar-refractivity contribution in [3.05, 3.63) is 47.0 Å². The van der Waals surface area contributed by atoms with Crippen molar-refractivity contribution >= 4 is 5.97 Å². The first-order chi connectivity index (χ1) is 10.1. The lowest BCUT2D eigenvalue weighted by Gasteiger charge is -2.09. The van der Waals surface area contributed by atoms with Crippen molar-refractivity contribution in [2.24, 2.45) is 7.05 Å². The van der Waals surface area contributed by atoms with Gasteiger partial charge >= 0.3 is 5.97 Å². The number of carbonyl (C=O) groups excluding carboxylic acids is 1. The van der Waals surface area contributed by atoms with Crippen molar-refractivity contribution in [3.8, 4) is 0 Å². The Hall–Kier alpha value is -2.21. The number of nitrogens with zero attached hydrogens (tertiary/aromatic N) is 3. The molecule has 1 N–H and O–H groups in total. The van der Waals surface area contributed by atoms with Gasteiger partial charge in [0.25, 0.3) is 0 Å². The van der Waals surface area contributed by atoms with E-state index in [9.17, 15) is 4.79 Å². The van der Waals surface area contributed by atoms with E-state index in [4.69, 9.17) is 4.74 Å². The molecule has 0 amide bonds. The molecule has 0 bridgehead atoms. The SMILES string of the molecule is CCOC(=O)c1cnn(C)c1CNCc1ccncc1C. The van der Waals surface area contributed by atoms with Crippen LogP contribution in [-0.2, 0) is 24.9 Å². The Bertz CT molecular complexity index is 622. The van der Waals surface area contributed by atoms with Gasteiger partial charge in [0.2, 0.25) is 0 Å². The number of esters is 1. The molecule has 2 aromatic heterocycles. The number of hydrogen-bond acceptors (Lipinski definition) is 5. The maximum absolute atomic E-state index is 11.9. The average Bonchev–Trinajstić information content (AvgIpc) is 2.83. The van der Waals surface area contributed by atoms with Crippen LogP contribution in [0.1, 0.15) is 34.1 Å². The summed E-state index contributed by atoms with van der Waals surface area (Å²) in [6.45, 7) is 5.43. The minimum absolute atomic E-state index is 0.331. The zero-order chi connectivity index (χ0) is 15.2. The van der Waals surface area contributed by atoms with E-state index < -0.39 is 0 Å². The van der Waals surface area contributed by atoms with E-state index in [1.54, 1.807) is 24.0 Å². The molecule has 0 unspecified atom stereocenters. The Kier molecular flexibility index (Phi) is 5.05. The Morgan fingerprint density at radius 3 is 2.90 bits per heavy atom. The van der Waals surface area contributed by atoms with Crippen molar-refractivity contribution in [1.82, 2.24) is 20.1 Å². The van der Waals surface area contributed by atoms with Gasteiger partial charge < -0.3 is 10.1 Å². The number of rotatable bonds is 6. The summed E-state index contributed by atoms with van der Waals surface area (Å²) in [5, 5.41) is 7.46. The van der Waals surface area contributed by atoms with Crippen molar-refractivity contribution in [2.75, 3.05) is 6.61 Å². The third-order valence-corrected chi connectivity index (χ3v) is 3.30. The summed E-state index contributed by atoms with van der Waals surface area (Å²) in [6.07, 6.45) is 5.16. The standard InChI is InChI=1S/C15H20N4O2/c1-4-21-15(20)13-9-18-19(3)14(13)10-17-8-12-5-6-16-7-11(12)2/h5-7,9,17H,4,8,10H2,1-3H3. The zero-order valence-electron chi connectivity index (χ0n) is 12.6. The van der Waals surface area contributed by atoms with E-state index in [2.05, 4.69) is 15.4 Å². The normalized spacial score (nSPS) is 10.6. The van der Waals surface area contributed by atoms with E-state index >= 15 is 0 Å². The second-order valence-electron chi connectivity index (χ2n) is 4.75. The van der Waals surface area contributed by atoms with E-state index in [0.717, 1.165) is 11.3 Å². The van der Waals surface area contributed by atoms with E-state index in [1.807, 2.05) is 26.2 Å². The fraction of sp³-hybridized carbons (Fsp3) is 0.400. The second-order valence-corrected chi connectivity index (χ2v) is 4.75. The Balaban J connectivity index is 2.02. The molecule has 0 saturated heterocycles. The number of ether oxygens (including phenoxy) is 1. The summed E-state index contributed by atoms with van der Waals surface area (Å²) in [4.78, 5) is 15.9. The highest BCUT2D eigenvalue weighted by Crippen LogP contribution is 2.10. The molecule has 2 rings (SSSR count). The summed E-state index contributed by atoms with van der Waals surface area (Å²) < 4.78 is 6.73. The van der Waals surface area contributed by atoms with Crippen molar-refractivity contribution in [1.29, 1.82) is 0 Å². The Labute approximate surface area is 124 Å². The van der Waals surface area contributed by atoms with E-state index in [0.29, 0.717) is 25.3 Å². The maximum atomic E-state index is 11.9. The second kappa shape index (κ2) is 6.99. The Morgan fingerprint density at radius 1 is 1.38 bits per heavy atom. The maximum Gasteiger partial charge on any atom is 0.341 e. The van der Waals surface area contributed by atoms with Gasteiger partial charge in [0.05, 0.1) is 18.5 Å². The molecule has 112 valence electrons. The molecule has 0 aromatic carbocycles. The van der Waals surface area contributed by atoms with Crippen LogP contribution in [0.15, 0.2) is 24.7 Å². The van der Waals surface area contributed by atoms with Gasteiger partial charge in [-0.2, -0.15) is 5.10 Å². The minimum Gasteiger partial charge on any atom is -0.462 e. The first kappa shape index (κ1) is 15.2. The monoisotopic (exact) mass is 288 g/mol. The first-order valence-corrected chi connectivity index (χ1v) is 6.91. The molecule has 0 atom stereocenters. The zero-order valence-corrected chi connectivity index (χ0v) is 12.6. The van der Waals surface area contributed by atoms with Crippen LogP contribution in [0, 0.1) is 6.92 Å². The van der Waals surface area contributed by atoms with Crippen LogP contribution >= 0.6 is 0 Å². The number of pyridine rings is 1. The molecule has 0 spiro atoms. The van der Waals surface area contributed by atoms with Crippen molar-refractivity contribution < 1.29 is 9.53 Å². The number of aromatic nitrogens is 3. The highest BCUT2D eigenvalue weighted by molar-refractivity contribution is 5.90. The van der Waals surface area contributed by atoms with Crippen LogP contribution in [0.5, 0.6) is 0 Å². The quantitative estimate of drug-likeness (QED) is 0.817. The van der Waals surface area contributed by atoms with Crippen molar-refractivity contribution in [3.63, 3.8) is 0 Å². The van der Waals surface area contributed by atoms with Crippen LogP contribution in [-0.4, -0.2) is 27.3 Å². The molecule has 0 aliphatic rings. The molecule has 0 fully saturated rings. The smallest absolute Gasteiger partial charge is 0.341 e. The molecule has 6 heteroatoms. The third-order valence-electron chi connectivity index (χ3n) is 3.30. The predicted molar refractivity (Wildman–Crippen MR) is 78.7 cm³/mol. The van der Waals surface area contributed by atoms with Crippen LogP contribution in [0.4, 0.5) is 0 Å². The fourth-order valence-electron chi connectivity index (χ4n) is 2.07. The molecule has 0 aliphatic carbocycles. The first-order valence-electron chi connectivity index (χ1n) is 6.91. The molecule has 0 radical (unpaired) electrons. The number of aryl methyl sites for hydroxylation is 2. The molecule has 21 heavy (non-hydrogen) atoms. The number of hydrogen-bond donors (Lipinski definition) is 1. The summed E-state index contributed by atoms with van der Waals surface area (Å²) in [5.74, 6) is -0.331. The van der Waals surface area contributed by atoms with Crippen LogP contribution in [0.2, 0.25) is 0 Å². The van der Waals surface area contributed by atoms with E-state index in [1.165, 1.54) is 5.56 Å². The van der Waals surface area contributed by atoms with Gasteiger partial charge in [0.15, 0.2) is 0 Å². The van der Waals surface area contributed by atoms with Gasteiger partial charge in [-0.1, -0.05) is 0 Å². The third kappa shape index (κ3) is 3.66. The molecule has 0 aliphatic heterocycles. The molecular formula is C15H20N4O2. The summed E-state index contributed by atoms with van der Waals surface area (Å²) >= 11 is 0. The van der Waals surface area contributed by atoms with Gasteiger partial charge in [0.1, 0.15) is 5.56 Å². The highest BCUT2D eigenvalue weighted by atomic mass is 16.5. The molecule has 0 saturated carbocycles. The van der Waals surface area contributed by atoms with Gasteiger partial charge in [-0.05, 0) is 31.0 Å². The average molecular weight is 288 g/mol. The number of carbonyl (C=O) groups is 1. The van der Waals surface area contributed by atoms with Gasteiger partial charge in [0, 0.05) is 32.5 Å². The molecule has 2 aromatic rings. The lowest BCUT2D eigenvalue weighted by Crippen LogP contribution is -2.18. The van der Waals surface area contributed by atoms with Crippen molar-refractivity contribution in [2.45, 2.75) is 26.9 Å². The Morgan fingerprint density at radius 2 is 2.19 bits per heavy atom. The summed E-state index contributed by atoms with van der Waals surface area (Å²) in [5.41, 5.74) is 3.66.